The van der Waals surface area contributed by atoms with Gasteiger partial charge in [0.1, 0.15) is 0 Å². The highest BCUT2D eigenvalue weighted by Gasteiger charge is 2.35. The van der Waals surface area contributed by atoms with Gasteiger partial charge in [-0.25, -0.2) is 0 Å². The summed E-state index contributed by atoms with van der Waals surface area (Å²) in [5.41, 5.74) is 2.10. The quantitative estimate of drug-likeness (QED) is 0.846. The van der Waals surface area contributed by atoms with Gasteiger partial charge in [0.2, 0.25) is 0 Å². The Hall–Kier alpha value is -1.19. The Morgan fingerprint density at radius 2 is 1.95 bits per heavy atom. The van der Waals surface area contributed by atoms with Crippen LogP contribution in [0.3, 0.4) is 0 Å². The molecule has 0 aromatic heterocycles. The summed E-state index contributed by atoms with van der Waals surface area (Å²) in [6.07, 6.45) is 2.74. The Bertz CT molecular complexity index is 460. The summed E-state index contributed by atoms with van der Waals surface area (Å²) < 4.78 is 5.54. The van der Waals surface area contributed by atoms with Crippen molar-refractivity contribution in [1.82, 2.24) is 5.32 Å². The van der Waals surface area contributed by atoms with Crippen LogP contribution in [0.4, 0.5) is 0 Å². The molecule has 0 amide bonds. The fraction of sp³-hybridized carbons (Fsp3) is 0.562. The Morgan fingerprint density at radius 1 is 1.26 bits per heavy atom. The van der Waals surface area contributed by atoms with Crippen LogP contribution >= 0.6 is 0 Å². The smallest absolute Gasteiger partial charge is 0.166 e. The van der Waals surface area contributed by atoms with Crippen LogP contribution in [-0.2, 0) is 11.2 Å². The number of morpholine rings is 1. The monoisotopic (exact) mass is 259 g/mol. The number of ether oxygens (including phenoxy) is 1. The van der Waals surface area contributed by atoms with E-state index in [-0.39, 0.29) is 5.92 Å². The minimum Gasteiger partial charge on any atom is -0.378 e. The molecular weight excluding hydrogens is 238 g/mol. The molecule has 3 nitrogen and oxygen atoms in total. The molecule has 1 aromatic carbocycles. The van der Waals surface area contributed by atoms with Crippen LogP contribution in [0.15, 0.2) is 24.3 Å². The first-order valence-electron chi connectivity index (χ1n) is 7.24. The van der Waals surface area contributed by atoms with E-state index in [9.17, 15) is 4.79 Å². The molecule has 2 atom stereocenters. The van der Waals surface area contributed by atoms with Crippen LogP contribution in [-0.4, -0.2) is 31.1 Å². The van der Waals surface area contributed by atoms with Crippen molar-refractivity contribution in [1.29, 1.82) is 0 Å². The van der Waals surface area contributed by atoms with Crippen LogP contribution in [0.25, 0.3) is 0 Å². The second kappa shape index (κ2) is 5.43. The standard InChI is InChI=1S/C16H21NO2/c1-2-11-5-3-4-6-15(11)16(18)12-7-13-9-19-10-14(8-12)17-13/h3-6,12-14,17H,2,7-10H2,1H3. The molecule has 102 valence electrons. The summed E-state index contributed by atoms with van der Waals surface area (Å²) in [5.74, 6) is 0.490. The highest BCUT2D eigenvalue weighted by atomic mass is 16.5. The normalized spacial score (nSPS) is 30.1. The van der Waals surface area contributed by atoms with Gasteiger partial charge in [0.15, 0.2) is 5.78 Å². The van der Waals surface area contributed by atoms with Crippen molar-refractivity contribution in [2.75, 3.05) is 13.2 Å². The number of carbonyl (C=O) groups excluding carboxylic acids is 1. The van der Waals surface area contributed by atoms with Gasteiger partial charge in [-0.15, -0.1) is 0 Å². The minimum absolute atomic E-state index is 0.160. The van der Waals surface area contributed by atoms with E-state index in [1.165, 1.54) is 5.56 Å². The number of carbonyl (C=O) groups is 1. The first kappa shape index (κ1) is 12.8. The van der Waals surface area contributed by atoms with Crippen LogP contribution in [0.5, 0.6) is 0 Å². The van der Waals surface area contributed by atoms with Crippen molar-refractivity contribution < 1.29 is 9.53 Å². The average molecular weight is 259 g/mol. The van der Waals surface area contributed by atoms with Gasteiger partial charge in [0.05, 0.1) is 13.2 Å². The predicted octanol–water partition coefficient (Wildman–Crippen LogP) is 2.20. The lowest BCUT2D eigenvalue weighted by Crippen LogP contribution is -2.55. The second-order valence-electron chi connectivity index (χ2n) is 5.64. The maximum atomic E-state index is 12.7. The van der Waals surface area contributed by atoms with E-state index in [0.29, 0.717) is 17.9 Å². The molecule has 2 heterocycles. The summed E-state index contributed by atoms with van der Waals surface area (Å²) in [6, 6.07) is 8.75. The summed E-state index contributed by atoms with van der Waals surface area (Å²) >= 11 is 0. The number of hydrogen-bond acceptors (Lipinski definition) is 3. The van der Waals surface area contributed by atoms with E-state index in [4.69, 9.17) is 4.74 Å². The Morgan fingerprint density at radius 3 is 2.63 bits per heavy atom. The van der Waals surface area contributed by atoms with Crippen LogP contribution < -0.4 is 5.32 Å². The van der Waals surface area contributed by atoms with E-state index in [0.717, 1.165) is 38.0 Å². The third-order valence-electron chi connectivity index (χ3n) is 4.28. The third-order valence-corrected chi connectivity index (χ3v) is 4.28. The maximum absolute atomic E-state index is 12.7. The number of nitrogens with one attached hydrogen (secondary N) is 1. The van der Waals surface area contributed by atoms with Gasteiger partial charge < -0.3 is 10.1 Å². The SMILES string of the molecule is CCc1ccccc1C(=O)C1CC2COCC(C1)N2. The Labute approximate surface area is 114 Å². The van der Waals surface area contributed by atoms with Crippen LogP contribution in [0.1, 0.15) is 35.7 Å². The minimum atomic E-state index is 0.160. The number of Topliss-reactive ketones (excluding diaryl/α,β-unsaturated/α-hetero) is 1. The summed E-state index contributed by atoms with van der Waals surface area (Å²) in [6.45, 7) is 3.60. The van der Waals surface area contributed by atoms with Gasteiger partial charge in [0, 0.05) is 23.6 Å². The molecule has 2 saturated heterocycles. The van der Waals surface area contributed by atoms with Gasteiger partial charge in [0.25, 0.3) is 0 Å². The lowest BCUT2D eigenvalue weighted by molar-refractivity contribution is 0.00951. The van der Waals surface area contributed by atoms with Gasteiger partial charge in [-0.2, -0.15) is 0 Å². The molecule has 3 heteroatoms. The first-order valence-corrected chi connectivity index (χ1v) is 7.24. The second-order valence-corrected chi connectivity index (χ2v) is 5.64. The number of hydrogen-bond donors (Lipinski definition) is 1. The van der Waals surface area contributed by atoms with Crippen molar-refractivity contribution >= 4 is 5.78 Å². The van der Waals surface area contributed by atoms with E-state index in [1.54, 1.807) is 0 Å². The van der Waals surface area contributed by atoms with Crippen molar-refractivity contribution in [3.8, 4) is 0 Å². The van der Waals surface area contributed by atoms with Crippen molar-refractivity contribution in [2.45, 2.75) is 38.3 Å². The zero-order valence-electron chi connectivity index (χ0n) is 11.4. The molecule has 1 N–H and O–H groups in total. The van der Waals surface area contributed by atoms with Gasteiger partial charge in [-0.1, -0.05) is 31.2 Å². The molecule has 19 heavy (non-hydrogen) atoms. The molecule has 2 unspecified atom stereocenters. The van der Waals surface area contributed by atoms with Crippen molar-refractivity contribution in [3.05, 3.63) is 35.4 Å². The molecule has 1 aromatic rings. The largest absolute Gasteiger partial charge is 0.378 e. The van der Waals surface area contributed by atoms with Gasteiger partial charge in [-0.05, 0) is 24.8 Å². The number of ketones is 1. The molecular formula is C16H21NO2. The number of benzene rings is 1. The fourth-order valence-electron chi connectivity index (χ4n) is 3.34. The predicted molar refractivity (Wildman–Crippen MR) is 74.4 cm³/mol. The third kappa shape index (κ3) is 2.58. The molecule has 3 rings (SSSR count). The van der Waals surface area contributed by atoms with Gasteiger partial charge >= 0.3 is 0 Å². The van der Waals surface area contributed by atoms with E-state index in [2.05, 4.69) is 18.3 Å². The summed E-state index contributed by atoms with van der Waals surface area (Å²) in [4.78, 5) is 12.7. The zero-order valence-corrected chi connectivity index (χ0v) is 11.4. The van der Waals surface area contributed by atoms with E-state index < -0.39 is 0 Å². The average Bonchev–Trinajstić information content (AvgIpc) is 2.46. The molecule has 2 aliphatic rings. The number of rotatable bonds is 3. The van der Waals surface area contributed by atoms with Gasteiger partial charge in [-0.3, -0.25) is 4.79 Å². The number of aryl methyl sites for hydroxylation is 1. The lowest BCUT2D eigenvalue weighted by atomic mass is 9.81. The van der Waals surface area contributed by atoms with Crippen molar-refractivity contribution in [3.63, 3.8) is 0 Å². The number of fused-ring (bicyclic) bond motifs is 2. The number of piperidine rings is 1. The van der Waals surface area contributed by atoms with Crippen molar-refractivity contribution in [2.24, 2.45) is 5.92 Å². The van der Waals surface area contributed by atoms with E-state index in [1.807, 2.05) is 18.2 Å². The molecule has 2 fully saturated rings. The highest BCUT2D eigenvalue weighted by molar-refractivity contribution is 5.99. The van der Waals surface area contributed by atoms with Crippen LogP contribution in [0, 0.1) is 5.92 Å². The molecule has 2 aliphatic heterocycles. The maximum Gasteiger partial charge on any atom is 0.166 e. The van der Waals surface area contributed by atoms with E-state index >= 15 is 0 Å². The van der Waals surface area contributed by atoms with Crippen LogP contribution in [0.2, 0.25) is 0 Å². The molecule has 2 bridgehead atoms. The molecule has 0 radical (unpaired) electrons. The Balaban J connectivity index is 1.80. The first-order chi connectivity index (χ1) is 9.28. The zero-order chi connectivity index (χ0) is 13.2. The lowest BCUT2D eigenvalue weighted by Gasteiger charge is -2.39. The summed E-state index contributed by atoms with van der Waals surface area (Å²) in [5, 5.41) is 3.54. The fourth-order valence-corrected chi connectivity index (χ4v) is 3.34. The Kier molecular flexibility index (Phi) is 3.67. The molecule has 0 spiro atoms. The molecule has 0 saturated carbocycles. The summed E-state index contributed by atoms with van der Waals surface area (Å²) in [7, 11) is 0. The highest BCUT2D eigenvalue weighted by Crippen LogP contribution is 2.28. The topological polar surface area (TPSA) is 38.3 Å². The molecule has 0 aliphatic carbocycles.